The van der Waals surface area contributed by atoms with Crippen LogP contribution in [0.25, 0.3) is 0 Å². The highest BCUT2D eigenvalue weighted by Gasteiger charge is 2.17. The number of benzene rings is 1. The molecule has 1 aromatic carbocycles. The molecule has 0 bridgehead atoms. The minimum atomic E-state index is -0.747. The number of hydrogen-bond donors (Lipinski definition) is 1. The normalized spacial score (nSPS) is 18.2. The predicted molar refractivity (Wildman–Crippen MR) is 73.2 cm³/mol. The zero-order valence-corrected chi connectivity index (χ0v) is 11.3. The van der Waals surface area contributed by atoms with Gasteiger partial charge in [-0.2, -0.15) is 0 Å². The fourth-order valence-electron chi connectivity index (χ4n) is 2.43. The molecule has 4 nitrogen and oxygen atoms in total. The van der Waals surface area contributed by atoms with Crippen molar-refractivity contribution in [3.8, 4) is 0 Å². The quantitative estimate of drug-likeness (QED) is 0.884. The Kier molecular flexibility index (Phi) is 4.93. The Balaban J connectivity index is 1.99. The second-order valence-corrected chi connectivity index (χ2v) is 4.93. The van der Waals surface area contributed by atoms with Gasteiger partial charge in [0.05, 0.1) is 19.1 Å². The SMILES string of the molecule is CCC(C(=O)O)c1ccc(CN2CCOCC2)cc1. The van der Waals surface area contributed by atoms with Gasteiger partial charge in [-0.15, -0.1) is 0 Å². The number of nitrogens with zero attached hydrogens (tertiary/aromatic N) is 1. The molecule has 1 saturated heterocycles. The predicted octanol–water partition coefficient (Wildman–Crippen LogP) is 2.10. The fraction of sp³-hybridized carbons (Fsp3) is 0.533. The maximum absolute atomic E-state index is 11.1. The summed E-state index contributed by atoms with van der Waals surface area (Å²) >= 11 is 0. The van der Waals surface area contributed by atoms with E-state index in [1.165, 1.54) is 5.56 Å². The zero-order chi connectivity index (χ0) is 13.7. The van der Waals surface area contributed by atoms with Crippen molar-refractivity contribution in [1.29, 1.82) is 0 Å². The van der Waals surface area contributed by atoms with E-state index in [2.05, 4.69) is 4.90 Å². The lowest BCUT2D eigenvalue weighted by molar-refractivity contribution is -0.138. The van der Waals surface area contributed by atoms with E-state index >= 15 is 0 Å². The van der Waals surface area contributed by atoms with Gasteiger partial charge in [-0.1, -0.05) is 31.2 Å². The van der Waals surface area contributed by atoms with Gasteiger partial charge in [0.25, 0.3) is 0 Å². The summed E-state index contributed by atoms with van der Waals surface area (Å²) in [4.78, 5) is 13.5. The van der Waals surface area contributed by atoms with Crippen LogP contribution < -0.4 is 0 Å². The molecule has 0 aliphatic carbocycles. The number of carbonyl (C=O) groups is 1. The Morgan fingerprint density at radius 3 is 2.47 bits per heavy atom. The minimum absolute atomic E-state index is 0.391. The van der Waals surface area contributed by atoms with Crippen LogP contribution in [-0.2, 0) is 16.1 Å². The van der Waals surface area contributed by atoms with E-state index in [9.17, 15) is 4.79 Å². The second-order valence-electron chi connectivity index (χ2n) is 4.93. The molecule has 1 fully saturated rings. The van der Waals surface area contributed by atoms with Crippen LogP contribution in [0.3, 0.4) is 0 Å². The van der Waals surface area contributed by atoms with Gasteiger partial charge < -0.3 is 9.84 Å². The molecule has 4 heteroatoms. The molecule has 0 amide bonds. The van der Waals surface area contributed by atoms with E-state index in [-0.39, 0.29) is 0 Å². The summed E-state index contributed by atoms with van der Waals surface area (Å²) in [6.07, 6.45) is 0.623. The van der Waals surface area contributed by atoms with Gasteiger partial charge in [0.2, 0.25) is 0 Å². The third-order valence-electron chi connectivity index (χ3n) is 3.60. The largest absolute Gasteiger partial charge is 0.481 e. The molecule has 0 saturated carbocycles. The first-order chi connectivity index (χ1) is 9.20. The van der Waals surface area contributed by atoms with Crippen LogP contribution in [0.15, 0.2) is 24.3 Å². The number of rotatable bonds is 5. The van der Waals surface area contributed by atoms with Gasteiger partial charge in [-0.3, -0.25) is 9.69 Å². The first-order valence-corrected chi connectivity index (χ1v) is 6.82. The van der Waals surface area contributed by atoms with E-state index in [1.807, 2.05) is 31.2 Å². The molecule has 0 spiro atoms. The van der Waals surface area contributed by atoms with Gasteiger partial charge >= 0.3 is 5.97 Å². The molecule has 1 aliphatic rings. The van der Waals surface area contributed by atoms with Crippen molar-refractivity contribution < 1.29 is 14.6 Å². The third kappa shape index (κ3) is 3.78. The number of ether oxygens (including phenoxy) is 1. The summed E-state index contributed by atoms with van der Waals surface area (Å²) in [5.41, 5.74) is 2.12. The van der Waals surface area contributed by atoms with Crippen LogP contribution in [0, 0.1) is 0 Å². The molecule has 1 unspecified atom stereocenters. The highest BCUT2D eigenvalue weighted by atomic mass is 16.5. The van der Waals surface area contributed by atoms with E-state index in [0.29, 0.717) is 6.42 Å². The lowest BCUT2D eigenvalue weighted by Gasteiger charge is -2.26. The standard InChI is InChI=1S/C15H21NO3/c1-2-14(15(17)18)13-5-3-12(4-6-13)11-16-7-9-19-10-8-16/h3-6,14H,2,7-11H2,1H3,(H,17,18). The van der Waals surface area contributed by atoms with Crippen molar-refractivity contribution in [3.05, 3.63) is 35.4 Å². The molecule has 0 radical (unpaired) electrons. The summed E-state index contributed by atoms with van der Waals surface area (Å²) in [6.45, 7) is 6.35. The topological polar surface area (TPSA) is 49.8 Å². The lowest BCUT2D eigenvalue weighted by atomic mass is 9.96. The summed E-state index contributed by atoms with van der Waals surface area (Å²) in [6, 6.07) is 7.96. The van der Waals surface area contributed by atoms with Crippen molar-refractivity contribution in [2.75, 3.05) is 26.3 Å². The second kappa shape index (κ2) is 6.68. The molecular weight excluding hydrogens is 242 g/mol. The number of aliphatic carboxylic acids is 1. The first kappa shape index (κ1) is 14.0. The van der Waals surface area contributed by atoms with Gasteiger partial charge in [0.1, 0.15) is 0 Å². The van der Waals surface area contributed by atoms with Crippen LogP contribution >= 0.6 is 0 Å². The van der Waals surface area contributed by atoms with Crippen LogP contribution in [0.4, 0.5) is 0 Å². The van der Waals surface area contributed by atoms with Crippen molar-refractivity contribution in [2.24, 2.45) is 0 Å². The maximum Gasteiger partial charge on any atom is 0.310 e. The van der Waals surface area contributed by atoms with Crippen molar-refractivity contribution in [1.82, 2.24) is 4.90 Å². The Morgan fingerprint density at radius 1 is 1.32 bits per heavy atom. The van der Waals surface area contributed by atoms with Gasteiger partial charge in [-0.05, 0) is 17.5 Å². The van der Waals surface area contributed by atoms with Crippen molar-refractivity contribution >= 4 is 5.97 Å². The number of carboxylic acid groups (broad SMARTS) is 1. The average Bonchev–Trinajstić information content (AvgIpc) is 2.42. The molecule has 2 rings (SSSR count). The monoisotopic (exact) mass is 263 g/mol. The molecule has 1 N–H and O–H groups in total. The van der Waals surface area contributed by atoms with E-state index < -0.39 is 11.9 Å². The van der Waals surface area contributed by atoms with Crippen molar-refractivity contribution in [3.63, 3.8) is 0 Å². The van der Waals surface area contributed by atoms with Crippen LogP contribution in [-0.4, -0.2) is 42.3 Å². The molecule has 1 aliphatic heterocycles. The maximum atomic E-state index is 11.1. The van der Waals surface area contributed by atoms with Gasteiger partial charge in [0, 0.05) is 19.6 Å². The van der Waals surface area contributed by atoms with Gasteiger partial charge in [-0.25, -0.2) is 0 Å². The van der Waals surface area contributed by atoms with Crippen molar-refractivity contribution in [2.45, 2.75) is 25.8 Å². The number of hydrogen-bond acceptors (Lipinski definition) is 3. The molecular formula is C15H21NO3. The Hall–Kier alpha value is -1.39. The fourth-order valence-corrected chi connectivity index (χ4v) is 2.43. The zero-order valence-electron chi connectivity index (χ0n) is 11.3. The number of carboxylic acids is 1. The molecule has 19 heavy (non-hydrogen) atoms. The first-order valence-electron chi connectivity index (χ1n) is 6.82. The molecule has 104 valence electrons. The average molecular weight is 263 g/mol. The van der Waals surface area contributed by atoms with Gasteiger partial charge in [0.15, 0.2) is 0 Å². The Morgan fingerprint density at radius 2 is 1.95 bits per heavy atom. The minimum Gasteiger partial charge on any atom is -0.481 e. The van der Waals surface area contributed by atoms with Crippen LogP contribution in [0.5, 0.6) is 0 Å². The summed E-state index contributed by atoms with van der Waals surface area (Å²) in [5.74, 6) is -1.14. The van der Waals surface area contributed by atoms with E-state index in [1.54, 1.807) is 0 Å². The van der Waals surface area contributed by atoms with E-state index in [0.717, 1.165) is 38.4 Å². The Labute approximate surface area is 114 Å². The molecule has 1 aromatic rings. The third-order valence-corrected chi connectivity index (χ3v) is 3.60. The lowest BCUT2D eigenvalue weighted by Crippen LogP contribution is -2.35. The van der Waals surface area contributed by atoms with E-state index in [4.69, 9.17) is 9.84 Å². The van der Waals surface area contributed by atoms with Crippen LogP contribution in [0.2, 0.25) is 0 Å². The molecule has 0 aromatic heterocycles. The summed E-state index contributed by atoms with van der Waals surface area (Å²) < 4.78 is 5.32. The summed E-state index contributed by atoms with van der Waals surface area (Å²) in [7, 11) is 0. The molecule has 1 atom stereocenters. The highest BCUT2D eigenvalue weighted by molar-refractivity contribution is 5.75. The Bertz CT molecular complexity index is 410. The number of morpholine rings is 1. The highest BCUT2D eigenvalue weighted by Crippen LogP contribution is 2.20. The molecule has 1 heterocycles. The summed E-state index contributed by atoms with van der Waals surface area (Å²) in [5, 5.41) is 9.13. The smallest absolute Gasteiger partial charge is 0.310 e. The van der Waals surface area contributed by atoms with Crippen LogP contribution in [0.1, 0.15) is 30.4 Å².